The minimum absolute atomic E-state index is 0.132. The molecule has 0 bridgehead atoms. The summed E-state index contributed by atoms with van der Waals surface area (Å²) in [5, 5.41) is 5.81. The maximum atomic E-state index is 13.5. The van der Waals surface area contributed by atoms with Gasteiger partial charge in [-0.1, -0.05) is 36.4 Å². The lowest BCUT2D eigenvalue weighted by Crippen LogP contribution is -2.20. The minimum Gasteiger partial charge on any atom is -0.483 e. The standard InChI is InChI=1S/C21H18BrFN2O2/c22-17-12-15(13-24-16-6-2-1-3-7-16)10-11-20(17)27-14-21(26)25-19-9-5-4-8-18(19)23/h1-12,24H,13-14H2,(H,25,26). The number of halogens is 2. The molecule has 0 aliphatic heterocycles. The molecule has 0 spiro atoms. The van der Waals surface area contributed by atoms with Crippen LogP contribution in [0.5, 0.6) is 5.75 Å². The van der Waals surface area contributed by atoms with Gasteiger partial charge in [-0.2, -0.15) is 0 Å². The van der Waals surface area contributed by atoms with E-state index in [0.29, 0.717) is 12.3 Å². The van der Waals surface area contributed by atoms with E-state index in [1.54, 1.807) is 18.2 Å². The highest BCUT2D eigenvalue weighted by molar-refractivity contribution is 9.10. The van der Waals surface area contributed by atoms with Gasteiger partial charge in [0.1, 0.15) is 11.6 Å². The summed E-state index contributed by atoms with van der Waals surface area (Å²) < 4.78 is 19.8. The first kappa shape index (κ1) is 18.9. The fourth-order valence-corrected chi connectivity index (χ4v) is 2.96. The first-order chi connectivity index (χ1) is 13.1. The maximum Gasteiger partial charge on any atom is 0.262 e. The lowest BCUT2D eigenvalue weighted by molar-refractivity contribution is -0.118. The molecule has 0 unspecified atom stereocenters. The van der Waals surface area contributed by atoms with Gasteiger partial charge in [0, 0.05) is 12.2 Å². The van der Waals surface area contributed by atoms with Crippen molar-refractivity contribution in [2.75, 3.05) is 17.2 Å². The molecule has 2 N–H and O–H groups in total. The summed E-state index contributed by atoms with van der Waals surface area (Å²) in [5.74, 6) is -0.369. The Morgan fingerprint density at radius 1 is 1.00 bits per heavy atom. The monoisotopic (exact) mass is 428 g/mol. The number of hydrogen-bond acceptors (Lipinski definition) is 3. The summed E-state index contributed by atoms with van der Waals surface area (Å²) in [6.07, 6.45) is 0. The van der Waals surface area contributed by atoms with Gasteiger partial charge in [0.25, 0.3) is 5.91 Å². The Hall–Kier alpha value is -2.86. The third kappa shape index (κ3) is 5.56. The van der Waals surface area contributed by atoms with Crippen molar-refractivity contribution in [2.45, 2.75) is 6.54 Å². The zero-order chi connectivity index (χ0) is 19.1. The summed E-state index contributed by atoms with van der Waals surface area (Å²) in [4.78, 5) is 11.9. The van der Waals surface area contributed by atoms with Gasteiger partial charge in [0.2, 0.25) is 0 Å². The smallest absolute Gasteiger partial charge is 0.262 e. The molecule has 0 atom stereocenters. The van der Waals surface area contributed by atoms with Crippen LogP contribution in [-0.4, -0.2) is 12.5 Å². The molecule has 1 amide bonds. The third-order valence-electron chi connectivity index (χ3n) is 3.77. The van der Waals surface area contributed by atoms with Gasteiger partial charge in [-0.25, -0.2) is 4.39 Å². The predicted octanol–water partition coefficient (Wildman–Crippen LogP) is 5.22. The Morgan fingerprint density at radius 2 is 1.74 bits per heavy atom. The van der Waals surface area contributed by atoms with Crippen molar-refractivity contribution < 1.29 is 13.9 Å². The zero-order valence-electron chi connectivity index (χ0n) is 14.4. The Kier molecular flexibility index (Phi) is 6.44. The number of nitrogens with one attached hydrogen (secondary N) is 2. The average Bonchev–Trinajstić information content (AvgIpc) is 2.68. The van der Waals surface area contributed by atoms with Crippen LogP contribution in [0.4, 0.5) is 15.8 Å². The molecule has 3 aromatic rings. The molecule has 4 nitrogen and oxygen atoms in total. The molecule has 138 valence electrons. The van der Waals surface area contributed by atoms with Crippen LogP contribution >= 0.6 is 15.9 Å². The molecular formula is C21H18BrFN2O2. The molecule has 0 aliphatic rings. The molecule has 3 rings (SSSR count). The van der Waals surface area contributed by atoms with E-state index >= 15 is 0 Å². The number of carbonyl (C=O) groups is 1. The molecule has 0 heterocycles. The van der Waals surface area contributed by atoms with Crippen LogP contribution in [0.2, 0.25) is 0 Å². The van der Waals surface area contributed by atoms with Crippen molar-refractivity contribution in [3.05, 3.63) is 88.6 Å². The van der Waals surface area contributed by atoms with Gasteiger partial charge in [-0.15, -0.1) is 0 Å². The van der Waals surface area contributed by atoms with E-state index in [4.69, 9.17) is 4.74 Å². The summed E-state index contributed by atoms with van der Waals surface area (Å²) in [7, 11) is 0. The van der Waals surface area contributed by atoms with E-state index in [1.807, 2.05) is 42.5 Å². The highest BCUT2D eigenvalue weighted by Gasteiger charge is 2.09. The first-order valence-corrected chi connectivity index (χ1v) is 9.15. The second-order valence-electron chi connectivity index (χ2n) is 5.80. The maximum absolute atomic E-state index is 13.5. The Labute approximate surface area is 165 Å². The van der Waals surface area contributed by atoms with Crippen LogP contribution in [0.1, 0.15) is 5.56 Å². The molecule has 0 radical (unpaired) electrons. The van der Waals surface area contributed by atoms with Gasteiger partial charge in [-0.05, 0) is 57.9 Å². The third-order valence-corrected chi connectivity index (χ3v) is 4.39. The van der Waals surface area contributed by atoms with Crippen molar-refractivity contribution in [1.82, 2.24) is 0 Å². The van der Waals surface area contributed by atoms with Gasteiger partial charge in [0.15, 0.2) is 6.61 Å². The highest BCUT2D eigenvalue weighted by Crippen LogP contribution is 2.26. The van der Waals surface area contributed by atoms with Crippen LogP contribution in [0.15, 0.2) is 77.3 Å². The molecule has 27 heavy (non-hydrogen) atoms. The summed E-state index contributed by atoms with van der Waals surface area (Å²) in [6.45, 7) is 0.450. The van der Waals surface area contributed by atoms with E-state index in [2.05, 4.69) is 26.6 Å². The Morgan fingerprint density at radius 3 is 2.48 bits per heavy atom. The van der Waals surface area contributed by atoms with Gasteiger partial charge < -0.3 is 15.4 Å². The number of amides is 1. The number of anilines is 2. The fraction of sp³-hybridized carbons (Fsp3) is 0.0952. The van der Waals surface area contributed by atoms with Crippen LogP contribution < -0.4 is 15.4 Å². The normalized spacial score (nSPS) is 10.3. The molecule has 0 saturated heterocycles. The van der Waals surface area contributed by atoms with E-state index in [9.17, 15) is 9.18 Å². The second kappa shape index (κ2) is 9.19. The minimum atomic E-state index is -0.484. The zero-order valence-corrected chi connectivity index (χ0v) is 16.0. The van der Waals surface area contributed by atoms with Crippen LogP contribution in [0.3, 0.4) is 0 Å². The SMILES string of the molecule is O=C(COc1ccc(CNc2ccccc2)cc1Br)Nc1ccccc1F. The van der Waals surface area contributed by atoms with E-state index in [0.717, 1.165) is 15.7 Å². The molecule has 6 heteroatoms. The number of benzene rings is 3. The van der Waals surface area contributed by atoms with E-state index in [-0.39, 0.29) is 12.3 Å². The highest BCUT2D eigenvalue weighted by atomic mass is 79.9. The van der Waals surface area contributed by atoms with Crippen LogP contribution in [0, 0.1) is 5.82 Å². The van der Waals surface area contributed by atoms with E-state index < -0.39 is 11.7 Å². The quantitative estimate of drug-likeness (QED) is 0.542. The van der Waals surface area contributed by atoms with Crippen molar-refractivity contribution in [1.29, 1.82) is 0 Å². The van der Waals surface area contributed by atoms with Gasteiger partial charge >= 0.3 is 0 Å². The van der Waals surface area contributed by atoms with Gasteiger partial charge in [-0.3, -0.25) is 4.79 Å². The average molecular weight is 429 g/mol. The first-order valence-electron chi connectivity index (χ1n) is 8.36. The molecule has 0 saturated carbocycles. The number of carbonyl (C=O) groups excluding carboxylic acids is 1. The van der Waals surface area contributed by atoms with Crippen molar-refractivity contribution >= 4 is 33.2 Å². The fourth-order valence-electron chi connectivity index (χ4n) is 2.42. The molecule has 0 fully saturated rings. The van der Waals surface area contributed by atoms with Crippen molar-refractivity contribution in [2.24, 2.45) is 0 Å². The van der Waals surface area contributed by atoms with Crippen molar-refractivity contribution in [3.63, 3.8) is 0 Å². The van der Waals surface area contributed by atoms with Crippen LogP contribution in [0.25, 0.3) is 0 Å². The molecule has 0 aromatic heterocycles. The summed E-state index contributed by atoms with van der Waals surface area (Å²) >= 11 is 3.46. The predicted molar refractivity (Wildman–Crippen MR) is 108 cm³/mol. The lowest BCUT2D eigenvalue weighted by Gasteiger charge is -2.11. The number of ether oxygens (including phenoxy) is 1. The van der Waals surface area contributed by atoms with Gasteiger partial charge in [0.05, 0.1) is 10.2 Å². The van der Waals surface area contributed by atoms with E-state index in [1.165, 1.54) is 12.1 Å². The molecule has 0 aliphatic carbocycles. The number of rotatable bonds is 7. The topological polar surface area (TPSA) is 50.4 Å². The Balaban J connectivity index is 1.53. The number of hydrogen-bond donors (Lipinski definition) is 2. The summed E-state index contributed by atoms with van der Waals surface area (Å²) in [5.41, 5.74) is 2.24. The summed E-state index contributed by atoms with van der Waals surface area (Å²) in [6, 6.07) is 21.6. The molecular weight excluding hydrogens is 411 g/mol. The van der Waals surface area contributed by atoms with Crippen molar-refractivity contribution in [3.8, 4) is 5.75 Å². The largest absolute Gasteiger partial charge is 0.483 e. The number of para-hydroxylation sites is 2. The van der Waals surface area contributed by atoms with Crippen LogP contribution in [-0.2, 0) is 11.3 Å². The lowest BCUT2D eigenvalue weighted by atomic mass is 10.2. The Bertz CT molecular complexity index is 919. The molecule has 3 aromatic carbocycles. The second-order valence-corrected chi connectivity index (χ2v) is 6.66.